The highest BCUT2D eigenvalue weighted by atomic mass is 16.1. The lowest BCUT2D eigenvalue weighted by molar-refractivity contribution is 0.405. The average Bonchev–Trinajstić information content (AvgIpc) is 2.98. The first-order chi connectivity index (χ1) is 12.7. The molecule has 0 radical (unpaired) electrons. The maximum Gasteiger partial charge on any atom is 0.266 e. The van der Waals surface area contributed by atoms with Gasteiger partial charge >= 0.3 is 0 Å². The van der Waals surface area contributed by atoms with E-state index in [1.54, 1.807) is 4.52 Å². The van der Waals surface area contributed by atoms with E-state index in [2.05, 4.69) is 58.2 Å². The van der Waals surface area contributed by atoms with Gasteiger partial charge in [0.25, 0.3) is 5.56 Å². The van der Waals surface area contributed by atoms with Gasteiger partial charge in [0, 0.05) is 18.2 Å². The van der Waals surface area contributed by atoms with Gasteiger partial charge in [-0.15, -0.1) is 0 Å². The second-order valence-corrected chi connectivity index (χ2v) is 8.10. The number of benzene rings is 1. The first-order valence-electron chi connectivity index (χ1n) is 9.23. The summed E-state index contributed by atoms with van der Waals surface area (Å²) in [5, 5.41) is 6.06. The van der Waals surface area contributed by atoms with E-state index in [1.807, 2.05) is 26.2 Å². The second kappa shape index (κ2) is 7.52. The van der Waals surface area contributed by atoms with E-state index in [0.29, 0.717) is 17.4 Å². The molecule has 27 heavy (non-hydrogen) atoms. The Hall–Kier alpha value is -2.67. The van der Waals surface area contributed by atoms with E-state index in [0.717, 1.165) is 25.1 Å². The Morgan fingerprint density at radius 3 is 2.48 bits per heavy atom. The summed E-state index contributed by atoms with van der Waals surface area (Å²) in [6.45, 7) is 8.29. The molecule has 0 amide bonds. The molecule has 1 aromatic carbocycles. The smallest absolute Gasteiger partial charge is 0.266 e. The first kappa shape index (κ1) is 19.1. The Bertz CT molecular complexity index is 963. The fraction of sp³-hybridized carbons (Fsp3) is 0.450. The highest BCUT2D eigenvalue weighted by Gasteiger charge is 2.15. The van der Waals surface area contributed by atoms with Crippen LogP contribution in [0.5, 0.6) is 0 Å². The predicted octanol–water partition coefficient (Wildman–Crippen LogP) is 2.75. The molecule has 2 aromatic heterocycles. The van der Waals surface area contributed by atoms with E-state index >= 15 is 0 Å². The molecule has 0 spiro atoms. The number of aromatic nitrogens is 4. The molecular formula is C20H28N6O. The van der Waals surface area contributed by atoms with Crippen molar-refractivity contribution in [2.75, 3.05) is 32.5 Å². The van der Waals surface area contributed by atoms with Crippen LogP contribution in [0.1, 0.15) is 32.8 Å². The summed E-state index contributed by atoms with van der Waals surface area (Å²) in [6, 6.07) is 9.77. The highest BCUT2D eigenvalue weighted by Crippen LogP contribution is 2.25. The molecule has 0 aliphatic carbocycles. The summed E-state index contributed by atoms with van der Waals surface area (Å²) in [7, 11) is 4.09. The molecular weight excluding hydrogens is 340 g/mol. The van der Waals surface area contributed by atoms with Crippen LogP contribution in [-0.2, 0) is 5.41 Å². The summed E-state index contributed by atoms with van der Waals surface area (Å²) in [4.78, 5) is 23.1. The SMILES string of the molecule is CN(C)CCCNc1nc(-c2ccc(C(C)(C)C)cc2)nc2cc(=O)[nH]n12. The van der Waals surface area contributed by atoms with Gasteiger partial charge in [0.05, 0.1) is 0 Å². The topological polar surface area (TPSA) is 78.3 Å². The third-order valence-electron chi connectivity index (χ3n) is 4.43. The van der Waals surface area contributed by atoms with Crippen molar-refractivity contribution in [3.63, 3.8) is 0 Å². The zero-order valence-corrected chi connectivity index (χ0v) is 16.7. The van der Waals surface area contributed by atoms with Crippen molar-refractivity contribution in [3.8, 4) is 11.4 Å². The number of rotatable bonds is 6. The van der Waals surface area contributed by atoms with Crippen LogP contribution in [0.15, 0.2) is 35.1 Å². The molecule has 7 nitrogen and oxygen atoms in total. The Labute approximate surface area is 159 Å². The molecule has 0 aliphatic rings. The van der Waals surface area contributed by atoms with Gasteiger partial charge in [-0.05, 0) is 38.0 Å². The summed E-state index contributed by atoms with van der Waals surface area (Å²) in [5.41, 5.74) is 2.64. The number of H-pyrrole nitrogens is 1. The normalized spacial score (nSPS) is 12.1. The van der Waals surface area contributed by atoms with E-state index in [9.17, 15) is 4.79 Å². The second-order valence-electron chi connectivity index (χ2n) is 8.10. The van der Waals surface area contributed by atoms with Crippen molar-refractivity contribution in [1.82, 2.24) is 24.5 Å². The van der Waals surface area contributed by atoms with Gasteiger partial charge in [-0.2, -0.15) is 4.98 Å². The van der Waals surface area contributed by atoms with E-state index in [-0.39, 0.29) is 11.0 Å². The van der Waals surface area contributed by atoms with E-state index < -0.39 is 0 Å². The zero-order valence-electron chi connectivity index (χ0n) is 16.7. The van der Waals surface area contributed by atoms with Gasteiger partial charge in [0.1, 0.15) is 0 Å². The van der Waals surface area contributed by atoms with Gasteiger partial charge in [0.2, 0.25) is 5.95 Å². The summed E-state index contributed by atoms with van der Waals surface area (Å²) < 4.78 is 1.60. The van der Waals surface area contributed by atoms with Crippen LogP contribution < -0.4 is 10.9 Å². The van der Waals surface area contributed by atoms with Crippen molar-refractivity contribution in [2.24, 2.45) is 0 Å². The third-order valence-corrected chi connectivity index (χ3v) is 4.43. The van der Waals surface area contributed by atoms with Gasteiger partial charge in [-0.1, -0.05) is 45.0 Å². The van der Waals surface area contributed by atoms with Crippen LogP contribution in [0.25, 0.3) is 17.0 Å². The minimum atomic E-state index is -0.194. The van der Waals surface area contributed by atoms with Gasteiger partial charge in [0.15, 0.2) is 11.5 Å². The summed E-state index contributed by atoms with van der Waals surface area (Å²) in [6.07, 6.45) is 0.972. The summed E-state index contributed by atoms with van der Waals surface area (Å²) in [5.74, 6) is 1.19. The number of hydrogen-bond donors (Lipinski definition) is 2. The lowest BCUT2D eigenvalue weighted by Crippen LogP contribution is -2.18. The molecule has 0 atom stereocenters. The first-order valence-corrected chi connectivity index (χ1v) is 9.23. The number of nitrogens with one attached hydrogen (secondary N) is 2. The average molecular weight is 368 g/mol. The van der Waals surface area contributed by atoms with Gasteiger partial charge < -0.3 is 10.2 Å². The van der Waals surface area contributed by atoms with Gasteiger partial charge in [-0.3, -0.25) is 9.89 Å². The molecule has 7 heteroatoms. The van der Waals surface area contributed by atoms with Crippen LogP contribution in [0.2, 0.25) is 0 Å². The molecule has 0 saturated carbocycles. The number of anilines is 1. The largest absolute Gasteiger partial charge is 0.354 e. The molecule has 3 aromatic rings. The zero-order chi connectivity index (χ0) is 19.6. The Balaban J connectivity index is 1.92. The van der Waals surface area contributed by atoms with E-state index in [4.69, 9.17) is 0 Å². The fourth-order valence-corrected chi connectivity index (χ4v) is 2.87. The number of hydrogen-bond acceptors (Lipinski definition) is 5. The maximum absolute atomic E-state index is 11.8. The van der Waals surface area contributed by atoms with Crippen molar-refractivity contribution >= 4 is 11.6 Å². The molecule has 0 fully saturated rings. The Morgan fingerprint density at radius 2 is 1.85 bits per heavy atom. The molecule has 2 N–H and O–H groups in total. The standard InChI is InChI=1S/C20H28N6O/c1-20(2,3)15-9-7-14(8-10-15)18-22-16-13-17(27)24-26(16)19(23-18)21-11-6-12-25(4)5/h7-10,13H,6,11-12H2,1-5H3,(H,24,27)(H,21,22,23). The monoisotopic (exact) mass is 368 g/mol. The van der Waals surface area contributed by atoms with Crippen LogP contribution >= 0.6 is 0 Å². The maximum atomic E-state index is 11.8. The van der Waals surface area contributed by atoms with Crippen LogP contribution in [0.4, 0.5) is 5.95 Å². The van der Waals surface area contributed by atoms with Crippen LogP contribution in [-0.4, -0.2) is 51.7 Å². The van der Waals surface area contributed by atoms with Crippen molar-refractivity contribution < 1.29 is 0 Å². The molecule has 0 bridgehead atoms. The minimum Gasteiger partial charge on any atom is -0.354 e. The number of fused-ring (bicyclic) bond motifs is 1. The van der Waals surface area contributed by atoms with Crippen LogP contribution in [0.3, 0.4) is 0 Å². The quantitative estimate of drug-likeness (QED) is 0.654. The van der Waals surface area contributed by atoms with Crippen molar-refractivity contribution in [3.05, 3.63) is 46.2 Å². The predicted molar refractivity (Wildman–Crippen MR) is 109 cm³/mol. The highest BCUT2D eigenvalue weighted by molar-refractivity contribution is 5.60. The number of aromatic amines is 1. The lowest BCUT2D eigenvalue weighted by Gasteiger charge is -2.19. The third kappa shape index (κ3) is 4.54. The Kier molecular flexibility index (Phi) is 5.32. The fourth-order valence-electron chi connectivity index (χ4n) is 2.87. The molecule has 0 aliphatic heterocycles. The van der Waals surface area contributed by atoms with Crippen molar-refractivity contribution in [2.45, 2.75) is 32.6 Å². The minimum absolute atomic E-state index is 0.0937. The van der Waals surface area contributed by atoms with Crippen molar-refractivity contribution in [1.29, 1.82) is 0 Å². The molecule has 144 valence electrons. The van der Waals surface area contributed by atoms with Gasteiger partial charge in [-0.25, -0.2) is 9.50 Å². The molecule has 2 heterocycles. The van der Waals surface area contributed by atoms with E-state index in [1.165, 1.54) is 11.6 Å². The molecule has 0 unspecified atom stereocenters. The summed E-state index contributed by atoms with van der Waals surface area (Å²) >= 11 is 0. The number of nitrogens with zero attached hydrogens (tertiary/aromatic N) is 4. The lowest BCUT2D eigenvalue weighted by atomic mass is 9.87. The van der Waals surface area contributed by atoms with Crippen LogP contribution in [0, 0.1) is 0 Å². The molecule has 3 rings (SSSR count). The molecule has 0 saturated heterocycles. The Morgan fingerprint density at radius 1 is 1.15 bits per heavy atom.